The Bertz CT molecular complexity index is 649. The van der Waals surface area contributed by atoms with Gasteiger partial charge in [0.05, 0.1) is 17.1 Å². The molecule has 1 fully saturated rings. The van der Waals surface area contributed by atoms with Crippen LogP contribution in [0, 0.1) is 10.1 Å². The molecule has 3 rings (SSSR count). The zero-order valence-corrected chi connectivity index (χ0v) is 10.5. The quantitative estimate of drug-likeness (QED) is 0.515. The second-order valence-electron chi connectivity index (χ2n) is 4.55. The lowest BCUT2D eigenvalue weighted by molar-refractivity contribution is -0.384. The van der Waals surface area contributed by atoms with E-state index in [0.717, 1.165) is 6.42 Å². The Labute approximate surface area is 113 Å². The highest BCUT2D eigenvalue weighted by atomic mass is 16.6. The predicted octanol–water partition coefficient (Wildman–Crippen LogP) is 1.73. The van der Waals surface area contributed by atoms with Crippen molar-refractivity contribution in [1.82, 2.24) is 10.1 Å². The van der Waals surface area contributed by atoms with E-state index in [2.05, 4.69) is 10.1 Å². The van der Waals surface area contributed by atoms with E-state index in [1.54, 1.807) is 0 Å². The first-order chi connectivity index (χ1) is 9.65. The van der Waals surface area contributed by atoms with E-state index in [1.165, 1.54) is 18.2 Å². The van der Waals surface area contributed by atoms with E-state index < -0.39 is 4.92 Å². The van der Waals surface area contributed by atoms with Crippen LogP contribution in [0.15, 0.2) is 22.7 Å². The van der Waals surface area contributed by atoms with Crippen molar-refractivity contribution in [1.29, 1.82) is 0 Å². The molecule has 0 spiro atoms. The average molecular weight is 276 g/mol. The number of nitro groups is 1. The number of nitrogen functional groups attached to an aromatic ring is 1. The molecule has 0 aliphatic carbocycles. The molecule has 2 aromatic rings. The maximum atomic E-state index is 10.8. The van der Waals surface area contributed by atoms with Gasteiger partial charge in [-0.25, -0.2) is 0 Å². The van der Waals surface area contributed by atoms with Crippen LogP contribution in [0.2, 0.25) is 0 Å². The summed E-state index contributed by atoms with van der Waals surface area (Å²) < 4.78 is 10.4. The number of anilines is 1. The van der Waals surface area contributed by atoms with Crippen molar-refractivity contribution < 1.29 is 14.2 Å². The van der Waals surface area contributed by atoms with Gasteiger partial charge >= 0.3 is 0 Å². The van der Waals surface area contributed by atoms with E-state index in [-0.39, 0.29) is 17.5 Å². The summed E-state index contributed by atoms with van der Waals surface area (Å²) in [6.45, 7) is 1.23. The number of non-ortho nitro benzene ring substituents is 1. The van der Waals surface area contributed by atoms with E-state index in [1.807, 2.05) is 0 Å². The fourth-order valence-electron chi connectivity index (χ4n) is 2.09. The number of hydrogen-bond acceptors (Lipinski definition) is 7. The summed E-state index contributed by atoms with van der Waals surface area (Å²) in [6.07, 6.45) is 0.837. The minimum Gasteiger partial charge on any atom is -0.398 e. The van der Waals surface area contributed by atoms with Gasteiger partial charge in [-0.1, -0.05) is 5.16 Å². The molecule has 1 unspecified atom stereocenters. The molecule has 2 heterocycles. The highest BCUT2D eigenvalue weighted by molar-refractivity contribution is 5.73. The number of hydrogen-bond donors (Lipinski definition) is 1. The zero-order chi connectivity index (χ0) is 14.1. The van der Waals surface area contributed by atoms with Crippen LogP contribution in [-0.2, 0) is 4.74 Å². The van der Waals surface area contributed by atoms with Gasteiger partial charge in [0.15, 0.2) is 5.82 Å². The molecule has 0 bridgehead atoms. The number of rotatable bonds is 3. The van der Waals surface area contributed by atoms with E-state index >= 15 is 0 Å². The van der Waals surface area contributed by atoms with Gasteiger partial charge in [0.1, 0.15) is 0 Å². The van der Waals surface area contributed by atoms with Crippen molar-refractivity contribution in [2.24, 2.45) is 0 Å². The Hall–Kier alpha value is -2.48. The molecule has 1 aliphatic rings. The second kappa shape index (κ2) is 4.89. The van der Waals surface area contributed by atoms with Gasteiger partial charge in [-0.2, -0.15) is 4.98 Å². The van der Waals surface area contributed by atoms with E-state index in [9.17, 15) is 10.1 Å². The molecule has 1 aliphatic heterocycles. The molecule has 1 aromatic carbocycles. The lowest BCUT2D eigenvalue weighted by Crippen LogP contribution is -2.00. The number of aromatic nitrogens is 2. The van der Waals surface area contributed by atoms with Crippen LogP contribution in [0.1, 0.15) is 18.2 Å². The monoisotopic (exact) mass is 276 g/mol. The van der Waals surface area contributed by atoms with Crippen LogP contribution < -0.4 is 5.73 Å². The minimum atomic E-state index is -0.495. The highest BCUT2D eigenvalue weighted by Gasteiger charge is 2.24. The molecule has 0 radical (unpaired) electrons. The van der Waals surface area contributed by atoms with Gasteiger partial charge in [0.2, 0.25) is 0 Å². The van der Waals surface area contributed by atoms with E-state index in [4.69, 9.17) is 15.0 Å². The Kier molecular flexibility index (Phi) is 3.07. The van der Waals surface area contributed by atoms with Gasteiger partial charge < -0.3 is 15.0 Å². The van der Waals surface area contributed by atoms with Crippen molar-refractivity contribution in [3.05, 3.63) is 34.1 Å². The first-order valence-electron chi connectivity index (χ1n) is 6.11. The van der Waals surface area contributed by atoms with Crippen molar-refractivity contribution >= 4 is 11.4 Å². The molecule has 20 heavy (non-hydrogen) atoms. The van der Waals surface area contributed by atoms with Crippen molar-refractivity contribution in [2.75, 3.05) is 18.9 Å². The number of ether oxygens (including phenoxy) is 1. The maximum Gasteiger partial charge on any atom is 0.270 e. The topological polar surface area (TPSA) is 117 Å². The molecule has 8 heteroatoms. The third-order valence-corrected chi connectivity index (χ3v) is 3.21. The molecule has 1 aromatic heterocycles. The van der Waals surface area contributed by atoms with Crippen LogP contribution in [0.4, 0.5) is 11.4 Å². The summed E-state index contributed by atoms with van der Waals surface area (Å²) in [5.74, 6) is 0.837. The molecule has 8 nitrogen and oxygen atoms in total. The minimum absolute atomic E-state index is 0.0712. The maximum absolute atomic E-state index is 10.8. The normalized spacial score (nSPS) is 18.3. The van der Waals surface area contributed by atoms with E-state index in [0.29, 0.717) is 30.3 Å². The largest absolute Gasteiger partial charge is 0.398 e. The Morgan fingerprint density at radius 3 is 3.00 bits per heavy atom. The van der Waals surface area contributed by atoms with Crippen LogP contribution in [0.25, 0.3) is 11.5 Å². The number of benzene rings is 1. The summed E-state index contributed by atoms with van der Waals surface area (Å²) >= 11 is 0. The summed E-state index contributed by atoms with van der Waals surface area (Å²) in [5, 5.41) is 14.7. The fraction of sp³-hybridized carbons (Fsp3) is 0.333. The first-order valence-corrected chi connectivity index (χ1v) is 6.11. The zero-order valence-electron chi connectivity index (χ0n) is 10.5. The van der Waals surface area contributed by atoms with Crippen LogP contribution in [0.3, 0.4) is 0 Å². The highest BCUT2D eigenvalue weighted by Crippen LogP contribution is 2.30. The van der Waals surface area contributed by atoms with Crippen molar-refractivity contribution in [3.8, 4) is 11.5 Å². The molecular formula is C12H12N4O4. The van der Waals surface area contributed by atoms with Crippen LogP contribution >= 0.6 is 0 Å². The number of nitro benzene ring substituents is 1. The third-order valence-electron chi connectivity index (χ3n) is 3.21. The van der Waals surface area contributed by atoms with Crippen LogP contribution in [-0.4, -0.2) is 28.3 Å². The lowest BCUT2D eigenvalue weighted by atomic mass is 10.1. The molecule has 2 N–H and O–H groups in total. The summed E-state index contributed by atoms with van der Waals surface area (Å²) in [5.41, 5.74) is 6.47. The van der Waals surface area contributed by atoms with Crippen LogP contribution in [0.5, 0.6) is 0 Å². The fourth-order valence-corrected chi connectivity index (χ4v) is 2.09. The third kappa shape index (κ3) is 2.21. The smallest absolute Gasteiger partial charge is 0.270 e. The standard InChI is InChI=1S/C12H12N4O4/c13-10-2-1-8(16(17)18)5-9(10)12-14-11(15-20-12)7-3-4-19-6-7/h1-2,5,7H,3-4,6,13H2. The van der Waals surface area contributed by atoms with Gasteiger partial charge in [-0.3, -0.25) is 10.1 Å². The summed E-state index contributed by atoms with van der Waals surface area (Å²) in [6, 6.07) is 4.12. The number of nitrogens with zero attached hydrogens (tertiary/aromatic N) is 3. The van der Waals surface area contributed by atoms with Gasteiger partial charge in [0.25, 0.3) is 11.6 Å². The van der Waals surface area contributed by atoms with Crippen molar-refractivity contribution in [3.63, 3.8) is 0 Å². The van der Waals surface area contributed by atoms with Gasteiger partial charge in [0, 0.05) is 30.3 Å². The molecule has 0 saturated carbocycles. The Morgan fingerprint density at radius 1 is 1.45 bits per heavy atom. The van der Waals surface area contributed by atoms with Gasteiger partial charge in [-0.05, 0) is 12.5 Å². The second-order valence-corrected chi connectivity index (χ2v) is 4.55. The molecule has 1 saturated heterocycles. The number of nitrogens with two attached hydrogens (primary N) is 1. The molecule has 1 atom stereocenters. The first kappa shape index (κ1) is 12.5. The summed E-state index contributed by atoms with van der Waals surface area (Å²) in [7, 11) is 0. The molecule has 0 amide bonds. The average Bonchev–Trinajstić information content (AvgIpc) is 3.10. The predicted molar refractivity (Wildman–Crippen MR) is 69.0 cm³/mol. The molecule has 104 valence electrons. The Balaban J connectivity index is 1.96. The lowest BCUT2D eigenvalue weighted by Gasteiger charge is -2.00. The molecular weight excluding hydrogens is 264 g/mol. The Morgan fingerprint density at radius 2 is 2.30 bits per heavy atom. The summed E-state index contributed by atoms with van der Waals surface area (Å²) in [4.78, 5) is 14.6. The van der Waals surface area contributed by atoms with Crippen molar-refractivity contribution in [2.45, 2.75) is 12.3 Å². The SMILES string of the molecule is Nc1ccc([N+](=O)[O-])cc1-c1nc(C2CCOC2)no1. The van der Waals surface area contributed by atoms with Gasteiger partial charge in [-0.15, -0.1) is 0 Å².